The predicted octanol–water partition coefficient (Wildman–Crippen LogP) is 2.17. The van der Waals surface area contributed by atoms with Gasteiger partial charge in [0, 0.05) is 18.3 Å². The minimum Gasteiger partial charge on any atom is -0.393 e. The number of nitrogens with one attached hydrogen (secondary N) is 1. The SMILES string of the molecule is CC(NC1CCCC(O)C1)c1cncc(F)c1. The quantitative estimate of drug-likeness (QED) is 0.848. The summed E-state index contributed by atoms with van der Waals surface area (Å²) in [5, 5.41) is 13.0. The number of aliphatic hydroxyl groups excluding tert-OH is 1. The van der Waals surface area contributed by atoms with Gasteiger partial charge in [-0.3, -0.25) is 4.98 Å². The highest BCUT2D eigenvalue weighted by molar-refractivity contribution is 5.14. The van der Waals surface area contributed by atoms with E-state index in [-0.39, 0.29) is 18.0 Å². The topological polar surface area (TPSA) is 45.1 Å². The van der Waals surface area contributed by atoms with Crippen molar-refractivity contribution in [3.8, 4) is 0 Å². The molecule has 0 aromatic carbocycles. The Kier molecular flexibility index (Phi) is 4.07. The molecule has 3 atom stereocenters. The van der Waals surface area contributed by atoms with Crippen LogP contribution < -0.4 is 5.32 Å². The minimum atomic E-state index is -0.306. The van der Waals surface area contributed by atoms with Crippen LogP contribution in [0.1, 0.15) is 44.2 Å². The Labute approximate surface area is 101 Å². The normalized spacial score (nSPS) is 26.8. The van der Waals surface area contributed by atoms with Crippen LogP contribution in [0.3, 0.4) is 0 Å². The van der Waals surface area contributed by atoms with Crippen LogP contribution in [0.4, 0.5) is 4.39 Å². The number of aromatic nitrogens is 1. The molecule has 3 nitrogen and oxygen atoms in total. The van der Waals surface area contributed by atoms with Crippen molar-refractivity contribution in [1.29, 1.82) is 0 Å². The highest BCUT2D eigenvalue weighted by Gasteiger charge is 2.21. The second-order valence-corrected chi connectivity index (χ2v) is 4.84. The molecule has 0 radical (unpaired) electrons. The Balaban J connectivity index is 1.94. The zero-order valence-corrected chi connectivity index (χ0v) is 10.1. The molecule has 3 unspecified atom stereocenters. The van der Waals surface area contributed by atoms with Gasteiger partial charge in [-0.2, -0.15) is 0 Å². The van der Waals surface area contributed by atoms with E-state index in [1.165, 1.54) is 12.3 Å². The van der Waals surface area contributed by atoms with Gasteiger partial charge < -0.3 is 10.4 Å². The summed E-state index contributed by atoms with van der Waals surface area (Å²) in [5.74, 6) is -0.306. The van der Waals surface area contributed by atoms with Gasteiger partial charge in [-0.1, -0.05) is 0 Å². The molecule has 1 saturated carbocycles. The van der Waals surface area contributed by atoms with Crippen LogP contribution in [0.25, 0.3) is 0 Å². The van der Waals surface area contributed by atoms with Crippen molar-refractivity contribution in [2.75, 3.05) is 0 Å². The van der Waals surface area contributed by atoms with Crippen LogP contribution >= 0.6 is 0 Å². The smallest absolute Gasteiger partial charge is 0.141 e. The molecule has 0 aliphatic heterocycles. The molecule has 0 spiro atoms. The zero-order chi connectivity index (χ0) is 12.3. The Morgan fingerprint density at radius 1 is 1.47 bits per heavy atom. The van der Waals surface area contributed by atoms with E-state index in [0.29, 0.717) is 6.04 Å². The second-order valence-electron chi connectivity index (χ2n) is 4.84. The maximum Gasteiger partial charge on any atom is 0.141 e. The standard InChI is InChI=1S/C13H19FN2O/c1-9(10-5-11(14)8-15-7-10)16-12-3-2-4-13(17)6-12/h5,7-9,12-13,16-17H,2-4,6H2,1H3. The average Bonchev–Trinajstić information content (AvgIpc) is 2.29. The molecule has 0 bridgehead atoms. The van der Waals surface area contributed by atoms with Crippen molar-refractivity contribution in [3.63, 3.8) is 0 Å². The Morgan fingerprint density at radius 2 is 2.29 bits per heavy atom. The summed E-state index contributed by atoms with van der Waals surface area (Å²) in [5.41, 5.74) is 0.852. The number of hydrogen-bond donors (Lipinski definition) is 2. The van der Waals surface area contributed by atoms with Crippen LogP contribution in [-0.2, 0) is 0 Å². The van der Waals surface area contributed by atoms with Gasteiger partial charge in [-0.15, -0.1) is 0 Å². The molecule has 0 saturated heterocycles. The van der Waals surface area contributed by atoms with E-state index in [0.717, 1.165) is 31.2 Å². The second kappa shape index (κ2) is 5.56. The maximum absolute atomic E-state index is 13.0. The molecule has 94 valence electrons. The predicted molar refractivity (Wildman–Crippen MR) is 64.0 cm³/mol. The van der Waals surface area contributed by atoms with Crippen molar-refractivity contribution in [2.45, 2.75) is 50.8 Å². The van der Waals surface area contributed by atoms with Gasteiger partial charge in [-0.05, 0) is 44.2 Å². The highest BCUT2D eigenvalue weighted by atomic mass is 19.1. The lowest BCUT2D eigenvalue weighted by Crippen LogP contribution is -2.37. The van der Waals surface area contributed by atoms with Crippen molar-refractivity contribution in [3.05, 3.63) is 29.8 Å². The van der Waals surface area contributed by atoms with Crippen molar-refractivity contribution < 1.29 is 9.50 Å². The van der Waals surface area contributed by atoms with E-state index < -0.39 is 0 Å². The minimum absolute atomic E-state index is 0.0634. The third kappa shape index (κ3) is 3.48. The summed E-state index contributed by atoms with van der Waals surface area (Å²) < 4.78 is 13.0. The first kappa shape index (κ1) is 12.5. The van der Waals surface area contributed by atoms with E-state index in [1.807, 2.05) is 6.92 Å². The highest BCUT2D eigenvalue weighted by Crippen LogP contribution is 2.21. The summed E-state index contributed by atoms with van der Waals surface area (Å²) in [6.07, 6.45) is 6.50. The number of halogens is 1. The molecule has 1 aromatic rings. The first-order chi connectivity index (χ1) is 8.15. The summed E-state index contributed by atoms with van der Waals surface area (Å²) in [4.78, 5) is 3.85. The summed E-state index contributed by atoms with van der Waals surface area (Å²) in [6, 6.07) is 1.88. The van der Waals surface area contributed by atoms with Crippen LogP contribution in [0, 0.1) is 5.82 Å². The van der Waals surface area contributed by atoms with Crippen molar-refractivity contribution >= 4 is 0 Å². The molecular weight excluding hydrogens is 219 g/mol. The summed E-state index contributed by atoms with van der Waals surface area (Å²) in [6.45, 7) is 2.00. The van der Waals surface area contributed by atoms with E-state index >= 15 is 0 Å². The van der Waals surface area contributed by atoms with Crippen LogP contribution in [0.5, 0.6) is 0 Å². The Bertz CT molecular complexity index is 372. The van der Waals surface area contributed by atoms with Gasteiger partial charge in [0.25, 0.3) is 0 Å². The van der Waals surface area contributed by atoms with Gasteiger partial charge in [0.1, 0.15) is 5.82 Å². The maximum atomic E-state index is 13.0. The average molecular weight is 238 g/mol. The molecule has 1 aromatic heterocycles. The van der Waals surface area contributed by atoms with Crippen LogP contribution in [-0.4, -0.2) is 22.2 Å². The zero-order valence-electron chi connectivity index (χ0n) is 10.1. The number of nitrogens with zero attached hydrogens (tertiary/aromatic N) is 1. The van der Waals surface area contributed by atoms with Gasteiger partial charge >= 0.3 is 0 Å². The first-order valence-electron chi connectivity index (χ1n) is 6.19. The van der Waals surface area contributed by atoms with Gasteiger partial charge in [-0.25, -0.2) is 4.39 Å². The number of aliphatic hydroxyl groups is 1. The van der Waals surface area contributed by atoms with Gasteiger partial charge in [0.05, 0.1) is 12.3 Å². The van der Waals surface area contributed by atoms with E-state index in [1.54, 1.807) is 6.20 Å². The molecule has 2 N–H and O–H groups in total. The first-order valence-corrected chi connectivity index (χ1v) is 6.19. The molecule has 1 aliphatic rings. The molecule has 17 heavy (non-hydrogen) atoms. The Morgan fingerprint density at radius 3 is 3.00 bits per heavy atom. The molecular formula is C13H19FN2O. The van der Waals surface area contributed by atoms with Gasteiger partial charge in [0.15, 0.2) is 0 Å². The molecule has 4 heteroatoms. The van der Waals surface area contributed by atoms with Gasteiger partial charge in [0.2, 0.25) is 0 Å². The lowest BCUT2D eigenvalue weighted by atomic mass is 9.92. The third-order valence-corrected chi connectivity index (χ3v) is 3.36. The van der Waals surface area contributed by atoms with Crippen molar-refractivity contribution in [1.82, 2.24) is 10.3 Å². The summed E-state index contributed by atoms with van der Waals surface area (Å²) >= 11 is 0. The molecule has 1 heterocycles. The molecule has 1 aliphatic carbocycles. The fourth-order valence-corrected chi connectivity index (χ4v) is 2.43. The monoisotopic (exact) mass is 238 g/mol. The molecule has 0 amide bonds. The number of rotatable bonds is 3. The van der Waals surface area contributed by atoms with Crippen molar-refractivity contribution in [2.24, 2.45) is 0 Å². The Hall–Kier alpha value is -1.00. The largest absolute Gasteiger partial charge is 0.393 e. The van der Waals surface area contributed by atoms with E-state index in [4.69, 9.17) is 0 Å². The summed E-state index contributed by atoms with van der Waals surface area (Å²) in [7, 11) is 0. The van der Waals surface area contributed by atoms with Crippen LogP contribution in [0.2, 0.25) is 0 Å². The molecule has 2 rings (SSSR count). The number of hydrogen-bond acceptors (Lipinski definition) is 3. The van der Waals surface area contributed by atoms with E-state index in [2.05, 4.69) is 10.3 Å². The van der Waals surface area contributed by atoms with E-state index in [9.17, 15) is 9.50 Å². The lowest BCUT2D eigenvalue weighted by molar-refractivity contribution is 0.109. The molecule has 1 fully saturated rings. The number of pyridine rings is 1. The third-order valence-electron chi connectivity index (χ3n) is 3.36. The lowest BCUT2D eigenvalue weighted by Gasteiger charge is -2.29. The fourth-order valence-electron chi connectivity index (χ4n) is 2.43. The fraction of sp³-hybridized carbons (Fsp3) is 0.615. The van der Waals surface area contributed by atoms with Crippen LogP contribution in [0.15, 0.2) is 18.5 Å².